The summed E-state index contributed by atoms with van der Waals surface area (Å²) in [6.07, 6.45) is 2.84. The molecule has 8 heteroatoms. The summed E-state index contributed by atoms with van der Waals surface area (Å²) in [6.45, 7) is 9.68. The SMILES string of the molecule is CC(C)(C)OC(=O)c1cnn(C(=O)N2CC3CN(Cc4ccc(Cl)cc4)CC3C2)c1. The average molecular weight is 431 g/mol. The van der Waals surface area contributed by atoms with E-state index in [1.54, 1.807) is 20.8 Å². The molecule has 4 rings (SSSR count). The fraction of sp³-hybridized carbons (Fsp3) is 0.500. The number of hydrogen-bond donors (Lipinski definition) is 0. The molecule has 3 heterocycles. The predicted molar refractivity (Wildman–Crippen MR) is 113 cm³/mol. The maximum atomic E-state index is 12.9. The van der Waals surface area contributed by atoms with Crippen molar-refractivity contribution in [1.29, 1.82) is 0 Å². The number of hydrogen-bond acceptors (Lipinski definition) is 5. The normalized spacial score (nSPS) is 21.7. The monoisotopic (exact) mass is 430 g/mol. The second-order valence-electron chi connectivity index (χ2n) is 9.20. The number of likely N-dealkylation sites (tertiary alicyclic amines) is 2. The third-order valence-corrected chi connectivity index (χ3v) is 5.82. The summed E-state index contributed by atoms with van der Waals surface area (Å²) in [5, 5.41) is 4.84. The zero-order chi connectivity index (χ0) is 21.5. The summed E-state index contributed by atoms with van der Waals surface area (Å²) in [7, 11) is 0. The molecule has 2 unspecified atom stereocenters. The molecule has 1 aromatic carbocycles. The number of carbonyl (C=O) groups excluding carboxylic acids is 2. The maximum absolute atomic E-state index is 12.9. The number of fused-ring (bicyclic) bond motifs is 1. The first-order valence-corrected chi connectivity index (χ1v) is 10.6. The molecule has 2 aromatic rings. The first-order chi connectivity index (χ1) is 14.2. The van der Waals surface area contributed by atoms with Gasteiger partial charge in [0.2, 0.25) is 0 Å². The second-order valence-corrected chi connectivity index (χ2v) is 9.64. The number of benzene rings is 1. The van der Waals surface area contributed by atoms with E-state index in [2.05, 4.69) is 22.1 Å². The van der Waals surface area contributed by atoms with E-state index >= 15 is 0 Å². The van der Waals surface area contributed by atoms with Gasteiger partial charge in [-0.15, -0.1) is 0 Å². The van der Waals surface area contributed by atoms with E-state index in [9.17, 15) is 9.59 Å². The third-order valence-electron chi connectivity index (χ3n) is 5.56. The van der Waals surface area contributed by atoms with Gasteiger partial charge in [0.15, 0.2) is 0 Å². The van der Waals surface area contributed by atoms with Gasteiger partial charge in [-0.05, 0) is 50.3 Å². The number of halogens is 1. The Morgan fingerprint density at radius 1 is 1.10 bits per heavy atom. The Bertz CT molecular complexity index is 921. The van der Waals surface area contributed by atoms with Crippen LogP contribution in [-0.4, -0.2) is 63.4 Å². The van der Waals surface area contributed by atoms with Crippen LogP contribution in [0.2, 0.25) is 5.02 Å². The van der Waals surface area contributed by atoms with E-state index in [1.807, 2.05) is 17.0 Å². The van der Waals surface area contributed by atoms with Gasteiger partial charge in [0.05, 0.1) is 18.0 Å². The Hall–Kier alpha value is -2.38. The molecule has 0 N–H and O–H groups in total. The lowest BCUT2D eigenvalue weighted by Crippen LogP contribution is -2.36. The highest BCUT2D eigenvalue weighted by Gasteiger charge is 2.42. The van der Waals surface area contributed by atoms with Gasteiger partial charge in [0, 0.05) is 37.7 Å². The predicted octanol–water partition coefficient (Wildman–Crippen LogP) is 3.52. The van der Waals surface area contributed by atoms with Crippen molar-refractivity contribution in [2.45, 2.75) is 32.9 Å². The molecule has 2 atom stereocenters. The van der Waals surface area contributed by atoms with Crippen molar-refractivity contribution in [1.82, 2.24) is 19.6 Å². The lowest BCUT2D eigenvalue weighted by Gasteiger charge is -2.21. The van der Waals surface area contributed by atoms with Gasteiger partial charge in [-0.2, -0.15) is 9.78 Å². The van der Waals surface area contributed by atoms with Crippen molar-refractivity contribution in [2.75, 3.05) is 26.2 Å². The van der Waals surface area contributed by atoms with Crippen LogP contribution in [-0.2, 0) is 11.3 Å². The number of esters is 1. The van der Waals surface area contributed by atoms with Crippen molar-refractivity contribution >= 4 is 23.6 Å². The first kappa shape index (κ1) is 20.9. The number of rotatable bonds is 3. The largest absolute Gasteiger partial charge is 0.456 e. The minimum absolute atomic E-state index is 0.191. The topological polar surface area (TPSA) is 67.7 Å². The van der Waals surface area contributed by atoms with Gasteiger partial charge in [-0.1, -0.05) is 23.7 Å². The Kier molecular flexibility index (Phi) is 5.59. The molecule has 7 nitrogen and oxygen atoms in total. The van der Waals surface area contributed by atoms with E-state index in [0.29, 0.717) is 24.9 Å². The van der Waals surface area contributed by atoms with Crippen LogP contribution in [0.1, 0.15) is 36.7 Å². The summed E-state index contributed by atoms with van der Waals surface area (Å²) in [5.41, 5.74) is 0.943. The van der Waals surface area contributed by atoms with Crippen LogP contribution in [0, 0.1) is 11.8 Å². The summed E-state index contributed by atoms with van der Waals surface area (Å²) in [5.74, 6) is 0.446. The fourth-order valence-electron chi connectivity index (χ4n) is 4.24. The minimum atomic E-state index is -0.590. The average Bonchev–Trinajstić information content (AvgIpc) is 3.36. The number of amides is 1. The lowest BCUT2D eigenvalue weighted by atomic mass is 10.0. The molecule has 0 bridgehead atoms. The van der Waals surface area contributed by atoms with E-state index in [1.165, 1.54) is 22.6 Å². The van der Waals surface area contributed by atoms with Crippen LogP contribution in [0.3, 0.4) is 0 Å². The lowest BCUT2D eigenvalue weighted by molar-refractivity contribution is 0.00695. The highest BCUT2D eigenvalue weighted by atomic mass is 35.5. The third kappa shape index (κ3) is 4.68. The molecule has 2 aliphatic rings. The number of aromatic nitrogens is 2. The van der Waals surface area contributed by atoms with Gasteiger partial charge in [-0.3, -0.25) is 4.90 Å². The molecular weight excluding hydrogens is 404 g/mol. The van der Waals surface area contributed by atoms with E-state index < -0.39 is 11.6 Å². The summed E-state index contributed by atoms with van der Waals surface area (Å²) >= 11 is 5.97. The molecule has 1 aromatic heterocycles. The molecule has 2 fully saturated rings. The highest BCUT2D eigenvalue weighted by molar-refractivity contribution is 6.30. The van der Waals surface area contributed by atoms with Gasteiger partial charge in [-0.25, -0.2) is 9.59 Å². The molecule has 1 amide bonds. The molecule has 0 aliphatic carbocycles. The van der Waals surface area contributed by atoms with Crippen molar-refractivity contribution in [2.24, 2.45) is 11.8 Å². The van der Waals surface area contributed by atoms with Crippen molar-refractivity contribution in [3.63, 3.8) is 0 Å². The fourth-order valence-corrected chi connectivity index (χ4v) is 4.36. The zero-order valence-corrected chi connectivity index (χ0v) is 18.3. The maximum Gasteiger partial charge on any atom is 0.344 e. The van der Waals surface area contributed by atoms with Gasteiger partial charge in [0.1, 0.15) is 5.60 Å². The summed E-state index contributed by atoms with van der Waals surface area (Å²) in [4.78, 5) is 29.3. The Morgan fingerprint density at radius 3 is 2.33 bits per heavy atom. The number of nitrogens with zero attached hydrogens (tertiary/aromatic N) is 4. The van der Waals surface area contributed by atoms with Crippen molar-refractivity contribution in [3.8, 4) is 0 Å². The van der Waals surface area contributed by atoms with E-state index in [0.717, 1.165) is 24.7 Å². The Labute approximate surface area is 181 Å². The smallest absolute Gasteiger partial charge is 0.344 e. The Balaban J connectivity index is 1.32. The molecule has 0 radical (unpaired) electrons. The van der Waals surface area contributed by atoms with Crippen LogP contribution in [0.5, 0.6) is 0 Å². The summed E-state index contributed by atoms with van der Waals surface area (Å²) < 4.78 is 6.58. The number of ether oxygens (including phenoxy) is 1. The van der Waals surface area contributed by atoms with Gasteiger partial charge in [0.25, 0.3) is 0 Å². The Morgan fingerprint density at radius 2 is 1.73 bits per heavy atom. The van der Waals surface area contributed by atoms with Crippen molar-refractivity contribution in [3.05, 3.63) is 52.8 Å². The van der Waals surface area contributed by atoms with Crippen LogP contribution < -0.4 is 0 Å². The molecule has 30 heavy (non-hydrogen) atoms. The van der Waals surface area contributed by atoms with Crippen LogP contribution in [0.25, 0.3) is 0 Å². The molecule has 2 saturated heterocycles. The number of carbonyl (C=O) groups is 2. The highest BCUT2D eigenvalue weighted by Crippen LogP contribution is 2.32. The molecule has 160 valence electrons. The molecule has 0 spiro atoms. The van der Waals surface area contributed by atoms with Gasteiger partial charge < -0.3 is 9.64 Å². The molecular formula is C22H27ClN4O3. The van der Waals surface area contributed by atoms with Crippen LogP contribution in [0.15, 0.2) is 36.7 Å². The van der Waals surface area contributed by atoms with Crippen molar-refractivity contribution < 1.29 is 14.3 Å². The minimum Gasteiger partial charge on any atom is -0.456 e. The molecule has 0 saturated carbocycles. The first-order valence-electron chi connectivity index (χ1n) is 10.2. The summed E-state index contributed by atoms with van der Waals surface area (Å²) in [6, 6.07) is 7.77. The van der Waals surface area contributed by atoms with Crippen LogP contribution >= 0.6 is 11.6 Å². The quantitative estimate of drug-likeness (QED) is 0.697. The second kappa shape index (κ2) is 8.04. The molecule has 2 aliphatic heterocycles. The van der Waals surface area contributed by atoms with E-state index in [4.69, 9.17) is 16.3 Å². The standard InChI is InChI=1S/C22H27ClN4O3/c1-22(2,3)30-20(28)16-8-24-27(14-16)21(29)26-12-17-10-25(11-18(17)13-26)9-15-4-6-19(23)7-5-15/h4-8,14,17-18H,9-13H2,1-3H3. The van der Waals surface area contributed by atoms with Gasteiger partial charge >= 0.3 is 12.0 Å². The van der Waals surface area contributed by atoms with Crippen LogP contribution in [0.4, 0.5) is 4.79 Å². The zero-order valence-electron chi connectivity index (χ0n) is 17.5. The van der Waals surface area contributed by atoms with E-state index in [-0.39, 0.29) is 11.6 Å².